The molecule has 0 N–H and O–H groups in total. The Morgan fingerprint density at radius 1 is 0.973 bits per heavy atom. The zero-order valence-electron chi connectivity index (χ0n) is 21.6. The van der Waals surface area contributed by atoms with E-state index in [0.29, 0.717) is 0 Å². The van der Waals surface area contributed by atoms with Gasteiger partial charge in [0.2, 0.25) is 5.75 Å². The summed E-state index contributed by atoms with van der Waals surface area (Å²) in [7, 11) is 1.40. The summed E-state index contributed by atoms with van der Waals surface area (Å²) in [5, 5.41) is -0.148. The smallest absolute Gasteiger partial charge is 0.309 e. The fraction of sp³-hybridized carbons (Fsp3) is 0.310. The Bertz CT molecular complexity index is 1230. The number of ether oxygens (including phenoxy) is 3. The number of rotatable bonds is 11. The van der Waals surface area contributed by atoms with Crippen LogP contribution < -0.4 is 9.47 Å². The molecule has 7 nitrogen and oxygen atoms in total. The Kier molecular flexibility index (Phi) is 9.85. The van der Waals surface area contributed by atoms with Crippen molar-refractivity contribution in [3.05, 3.63) is 83.7 Å². The number of carbonyl (C=O) groups is 3. The molecule has 0 aliphatic heterocycles. The van der Waals surface area contributed by atoms with Crippen LogP contribution in [-0.4, -0.2) is 35.9 Å². The Balaban J connectivity index is 1.74. The Morgan fingerprint density at radius 2 is 1.65 bits per heavy atom. The van der Waals surface area contributed by atoms with E-state index < -0.39 is 29.7 Å². The van der Waals surface area contributed by atoms with Crippen LogP contribution in [0.15, 0.2) is 71.8 Å². The first-order chi connectivity index (χ1) is 17.7. The predicted octanol–water partition coefficient (Wildman–Crippen LogP) is 6.00. The fourth-order valence-electron chi connectivity index (χ4n) is 3.69. The van der Waals surface area contributed by atoms with Crippen molar-refractivity contribution in [2.45, 2.75) is 50.4 Å². The predicted molar refractivity (Wildman–Crippen MR) is 142 cm³/mol. The molecule has 8 heteroatoms. The molecular formula is C29H31NO6S. The molecule has 0 bridgehead atoms. The monoisotopic (exact) mass is 521 g/mol. The molecule has 37 heavy (non-hydrogen) atoms. The molecule has 0 spiro atoms. The van der Waals surface area contributed by atoms with Crippen LogP contribution in [0.3, 0.4) is 0 Å². The Labute approximate surface area is 221 Å². The van der Waals surface area contributed by atoms with Crippen LogP contribution in [0, 0.1) is 12.8 Å². The minimum Gasteiger partial charge on any atom is -0.493 e. The van der Waals surface area contributed by atoms with Gasteiger partial charge in [-0.3, -0.25) is 14.4 Å². The maximum Gasteiger partial charge on any atom is 0.309 e. The third-order valence-electron chi connectivity index (χ3n) is 5.63. The SMILES string of the molecule is COc1ccnc(C(=O)C[C@@H](C)C(=O)O[C@@H](C)[C@H](Sc2ccccc2)c2ccc(C)cc2)c1OC(C)=O. The maximum atomic E-state index is 13.0. The highest BCUT2D eigenvalue weighted by molar-refractivity contribution is 7.99. The lowest BCUT2D eigenvalue weighted by atomic mass is 10.0. The summed E-state index contributed by atoms with van der Waals surface area (Å²) < 4.78 is 16.2. The molecule has 0 saturated carbocycles. The molecule has 0 aliphatic carbocycles. The number of nitrogens with zero attached hydrogens (tertiary/aromatic N) is 1. The maximum absolute atomic E-state index is 13.0. The van der Waals surface area contributed by atoms with Crippen LogP contribution in [-0.2, 0) is 14.3 Å². The number of carbonyl (C=O) groups excluding carboxylic acids is 3. The summed E-state index contributed by atoms with van der Waals surface area (Å²) in [6.07, 6.45) is 0.752. The van der Waals surface area contributed by atoms with Gasteiger partial charge in [0.15, 0.2) is 17.2 Å². The van der Waals surface area contributed by atoms with Crippen molar-refractivity contribution in [3.63, 3.8) is 0 Å². The average Bonchev–Trinajstić information content (AvgIpc) is 2.88. The number of hydrogen-bond donors (Lipinski definition) is 0. The van der Waals surface area contributed by atoms with E-state index in [1.807, 2.05) is 68.4 Å². The lowest BCUT2D eigenvalue weighted by Crippen LogP contribution is -2.26. The summed E-state index contributed by atoms with van der Waals surface area (Å²) in [6.45, 7) is 6.73. The van der Waals surface area contributed by atoms with Gasteiger partial charge in [-0.1, -0.05) is 55.0 Å². The molecule has 0 unspecified atom stereocenters. The number of Topliss-reactive ketones (excluding diaryl/α,β-unsaturated/α-hetero) is 1. The molecule has 2 aromatic carbocycles. The van der Waals surface area contributed by atoms with E-state index in [0.717, 1.165) is 16.0 Å². The first-order valence-electron chi connectivity index (χ1n) is 11.9. The second kappa shape index (κ2) is 13.1. The minimum atomic E-state index is -0.742. The number of benzene rings is 2. The third-order valence-corrected chi connectivity index (χ3v) is 7.09. The molecule has 3 atom stereocenters. The van der Waals surface area contributed by atoms with Gasteiger partial charge in [-0.25, -0.2) is 4.98 Å². The van der Waals surface area contributed by atoms with Crippen LogP contribution in [0.4, 0.5) is 0 Å². The highest BCUT2D eigenvalue weighted by Crippen LogP contribution is 2.39. The number of methoxy groups -OCH3 is 1. The van der Waals surface area contributed by atoms with Gasteiger partial charge in [-0.05, 0) is 31.5 Å². The van der Waals surface area contributed by atoms with E-state index in [-0.39, 0.29) is 28.9 Å². The lowest BCUT2D eigenvalue weighted by Gasteiger charge is -2.25. The van der Waals surface area contributed by atoms with Gasteiger partial charge in [0.25, 0.3) is 0 Å². The van der Waals surface area contributed by atoms with Gasteiger partial charge in [-0.2, -0.15) is 0 Å². The second-order valence-corrected chi connectivity index (χ2v) is 9.93. The first kappa shape index (κ1) is 27.9. The summed E-state index contributed by atoms with van der Waals surface area (Å²) in [4.78, 5) is 42.7. The van der Waals surface area contributed by atoms with Crippen molar-refractivity contribution in [1.29, 1.82) is 0 Å². The summed E-state index contributed by atoms with van der Waals surface area (Å²) in [6, 6.07) is 19.6. The number of esters is 2. The van der Waals surface area contributed by atoms with Crippen molar-refractivity contribution in [3.8, 4) is 11.5 Å². The van der Waals surface area contributed by atoms with E-state index in [1.165, 1.54) is 26.3 Å². The number of aryl methyl sites for hydroxylation is 1. The standard InChI is InChI=1S/C29H31NO6S/c1-18-11-13-22(14-12-18)28(37-23-9-7-6-8-10-23)20(3)35-29(33)19(2)17-24(32)26-27(36-21(4)31)25(34-5)15-16-30-26/h6-16,19-20,28H,17H2,1-5H3/t19-,20+,28+/m1/s1. The van der Waals surface area contributed by atoms with Gasteiger partial charge >= 0.3 is 11.9 Å². The number of pyridine rings is 1. The molecule has 0 radical (unpaired) electrons. The van der Waals surface area contributed by atoms with Gasteiger partial charge in [0, 0.05) is 30.5 Å². The van der Waals surface area contributed by atoms with Crippen LogP contribution in [0.5, 0.6) is 11.5 Å². The van der Waals surface area contributed by atoms with Crippen molar-refractivity contribution in [2.24, 2.45) is 5.92 Å². The van der Waals surface area contributed by atoms with E-state index in [4.69, 9.17) is 14.2 Å². The summed E-state index contributed by atoms with van der Waals surface area (Å²) >= 11 is 1.62. The van der Waals surface area contributed by atoms with Gasteiger partial charge in [0.1, 0.15) is 6.10 Å². The fourth-order valence-corrected chi connectivity index (χ4v) is 4.84. The van der Waals surface area contributed by atoms with E-state index in [1.54, 1.807) is 18.7 Å². The van der Waals surface area contributed by atoms with Crippen molar-refractivity contribution in [1.82, 2.24) is 4.98 Å². The highest BCUT2D eigenvalue weighted by Gasteiger charge is 2.29. The highest BCUT2D eigenvalue weighted by atomic mass is 32.2. The molecule has 0 fully saturated rings. The van der Waals surface area contributed by atoms with Crippen LogP contribution in [0.1, 0.15) is 54.1 Å². The number of thioether (sulfide) groups is 1. The molecule has 0 aliphatic rings. The number of hydrogen-bond acceptors (Lipinski definition) is 8. The lowest BCUT2D eigenvalue weighted by molar-refractivity contribution is -0.152. The van der Waals surface area contributed by atoms with E-state index in [2.05, 4.69) is 4.98 Å². The topological polar surface area (TPSA) is 91.8 Å². The van der Waals surface area contributed by atoms with Crippen molar-refractivity contribution >= 4 is 29.5 Å². The number of ketones is 1. The number of aromatic nitrogens is 1. The first-order valence-corrected chi connectivity index (χ1v) is 12.8. The van der Waals surface area contributed by atoms with Gasteiger partial charge < -0.3 is 14.2 Å². The molecule has 0 saturated heterocycles. The van der Waals surface area contributed by atoms with Gasteiger partial charge in [0.05, 0.1) is 18.3 Å². The van der Waals surface area contributed by atoms with E-state index >= 15 is 0 Å². The van der Waals surface area contributed by atoms with E-state index in [9.17, 15) is 14.4 Å². The summed E-state index contributed by atoms with van der Waals surface area (Å²) in [5.74, 6) is -2.16. The largest absolute Gasteiger partial charge is 0.493 e. The van der Waals surface area contributed by atoms with Crippen molar-refractivity contribution < 1.29 is 28.6 Å². The molecule has 3 aromatic rings. The molecular weight excluding hydrogens is 490 g/mol. The van der Waals surface area contributed by atoms with Gasteiger partial charge in [-0.15, -0.1) is 11.8 Å². The normalized spacial score (nSPS) is 13.2. The third kappa shape index (κ3) is 7.67. The second-order valence-electron chi connectivity index (χ2n) is 8.72. The quantitative estimate of drug-likeness (QED) is 0.172. The Morgan fingerprint density at radius 3 is 2.27 bits per heavy atom. The zero-order valence-corrected chi connectivity index (χ0v) is 22.4. The Hall–Kier alpha value is -3.65. The zero-order chi connectivity index (χ0) is 26.9. The van der Waals surface area contributed by atoms with Crippen LogP contribution in [0.2, 0.25) is 0 Å². The molecule has 1 heterocycles. The average molecular weight is 522 g/mol. The van der Waals surface area contributed by atoms with Crippen LogP contribution >= 0.6 is 11.8 Å². The molecule has 1 aromatic heterocycles. The molecule has 194 valence electrons. The minimum absolute atomic E-state index is 0.0601. The molecule has 3 rings (SSSR count). The van der Waals surface area contributed by atoms with Crippen LogP contribution in [0.25, 0.3) is 0 Å². The summed E-state index contributed by atoms with van der Waals surface area (Å²) in [5.41, 5.74) is 2.11. The van der Waals surface area contributed by atoms with Crippen molar-refractivity contribution in [2.75, 3.05) is 7.11 Å². The molecule has 0 amide bonds.